The lowest BCUT2D eigenvalue weighted by molar-refractivity contribution is 0.0723. The minimum atomic E-state index is -3.27. The topological polar surface area (TPSA) is 43.4 Å². The summed E-state index contributed by atoms with van der Waals surface area (Å²) in [7, 11) is -3.27. The molecule has 1 aliphatic heterocycles. The summed E-state index contributed by atoms with van der Waals surface area (Å²) in [5, 5.41) is 0. The Hall–Kier alpha value is -1.30. The summed E-state index contributed by atoms with van der Waals surface area (Å²) >= 11 is 1.59. The summed E-state index contributed by atoms with van der Waals surface area (Å²) in [6.45, 7) is 1.34. The van der Waals surface area contributed by atoms with Crippen LogP contribution in [-0.4, -0.2) is 27.4 Å². The average Bonchev–Trinajstić information content (AvgIpc) is 2.61. The maximum absolute atomic E-state index is 12.9. The van der Waals surface area contributed by atoms with Crippen molar-refractivity contribution in [2.24, 2.45) is 5.92 Å². The Bertz CT molecular complexity index is 751. The molecule has 2 aromatic carbocycles. The van der Waals surface area contributed by atoms with E-state index in [-0.39, 0.29) is 11.7 Å². The molecule has 1 heterocycles. The standard InChI is InChI=1S/C19H22O3S2/c20-24(21,15-17-10-12-22-13-11-17)19-9-5-4-8-18(19)23-14-16-6-2-1-3-7-16/h1-9,17H,10-15H2. The number of hydrogen-bond donors (Lipinski definition) is 0. The fourth-order valence-electron chi connectivity index (χ4n) is 2.87. The van der Waals surface area contributed by atoms with Gasteiger partial charge in [0.05, 0.1) is 10.6 Å². The minimum absolute atomic E-state index is 0.205. The fourth-order valence-corrected chi connectivity index (χ4v) is 6.13. The highest BCUT2D eigenvalue weighted by Gasteiger charge is 2.25. The first-order valence-corrected chi connectivity index (χ1v) is 10.9. The van der Waals surface area contributed by atoms with Crippen LogP contribution in [0.5, 0.6) is 0 Å². The molecule has 0 atom stereocenters. The first-order chi connectivity index (χ1) is 11.6. The highest BCUT2D eigenvalue weighted by Crippen LogP contribution is 2.31. The van der Waals surface area contributed by atoms with Gasteiger partial charge in [0.15, 0.2) is 9.84 Å². The zero-order valence-electron chi connectivity index (χ0n) is 13.6. The molecule has 0 unspecified atom stereocenters. The van der Waals surface area contributed by atoms with E-state index in [2.05, 4.69) is 12.1 Å². The van der Waals surface area contributed by atoms with E-state index in [1.54, 1.807) is 17.8 Å². The second-order valence-corrected chi connectivity index (χ2v) is 9.08. The van der Waals surface area contributed by atoms with Crippen molar-refractivity contribution >= 4 is 21.6 Å². The van der Waals surface area contributed by atoms with Gasteiger partial charge in [-0.25, -0.2) is 8.42 Å². The molecule has 0 aliphatic carbocycles. The second-order valence-electron chi connectivity index (χ2n) is 6.06. The Labute approximate surface area is 148 Å². The van der Waals surface area contributed by atoms with Crippen molar-refractivity contribution in [3.8, 4) is 0 Å². The third kappa shape index (κ3) is 4.62. The molecular formula is C19H22O3S2. The molecule has 3 nitrogen and oxygen atoms in total. The number of sulfone groups is 1. The van der Waals surface area contributed by atoms with Gasteiger partial charge in [0.25, 0.3) is 0 Å². The van der Waals surface area contributed by atoms with E-state index in [0.717, 1.165) is 23.5 Å². The summed E-state index contributed by atoms with van der Waals surface area (Å²) < 4.78 is 31.1. The SMILES string of the molecule is O=S(=O)(CC1CCOCC1)c1ccccc1SCc1ccccc1. The summed E-state index contributed by atoms with van der Waals surface area (Å²) in [5.74, 6) is 1.19. The molecule has 0 spiro atoms. The number of ether oxygens (including phenoxy) is 1. The molecule has 0 radical (unpaired) electrons. The maximum atomic E-state index is 12.9. The molecule has 0 saturated carbocycles. The Morgan fingerprint density at radius 3 is 2.38 bits per heavy atom. The van der Waals surface area contributed by atoms with Crippen LogP contribution in [0.15, 0.2) is 64.4 Å². The van der Waals surface area contributed by atoms with E-state index in [1.165, 1.54) is 5.56 Å². The molecule has 1 saturated heterocycles. The molecule has 24 heavy (non-hydrogen) atoms. The quantitative estimate of drug-likeness (QED) is 0.723. The van der Waals surface area contributed by atoms with E-state index in [4.69, 9.17) is 4.74 Å². The molecule has 0 amide bonds. The van der Waals surface area contributed by atoms with Crippen LogP contribution in [0.2, 0.25) is 0 Å². The molecule has 0 aromatic heterocycles. The maximum Gasteiger partial charge on any atom is 0.179 e. The molecule has 1 aliphatic rings. The van der Waals surface area contributed by atoms with Crippen molar-refractivity contribution in [3.63, 3.8) is 0 Å². The third-order valence-electron chi connectivity index (χ3n) is 4.22. The van der Waals surface area contributed by atoms with Gasteiger partial charge in [0, 0.05) is 23.9 Å². The Kier molecular flexibility index (Phi) is 5.98. The monoisotopic (exact) mass is 362 g/mol. The van der Waals surface area contributed by atoms with E-state index >= 15 is 0 Å². The van der Waals surface area contributed by atoms with Gasteiger partial charge in [-0.15, -0.1) is 11.8 Å². The van der Waals surface area contributed by atoms with E-state index in [0.29, 0.717) is 18.1 Å². The normalized spacial score (nSPS) is 16.2. The first-order valence-electron chi connectivity index (χ1n) is 8.21. The van der Waals surface area contributed by atoms with E-state index in [9.17, 15) is 8.42 Å². The Morgan fingerprint density at radius 1 is 0.958 bits per heavy atom. The van der Waals surface area contributed by atoms with Gasteiger partial charge in [-0.3, -0.25) is 0 Å². The number of benzene rings is 2. The van der Waals surface area contributed by atoms with E-state index in [1.807, 2.05) is 36.4 Å². The van der Waals surface area contributed by atoms with E-state index < -0.39 is 9.84 Å². The molecular weight excluding hydrogens is 340 g/mol. The summed E-state index contributed by atoms with van der Waals surface area (Å²) in [6.07, 6.45) is 1.66. The van der Waals surface area contributed by atoms with Crippen LogP contribution in [0.4, 0.5) is 0 Å². The Morgan fingerprint density at radius 2 is 1.62 bits per heavy atom. The van der Waals surface area contributed by atoms with Gasteiger partial charge in [0.2, 0.25) is 0 Å². The van der Waals surface area contributed by atoms with Crippen LogP contribution >= 0.6 is 11.8 Å². The van der Waals surface area contributed by atoms with Gasteiger partial charge in [-0.2, -0.15) is 0 Å². The number of rotatable bonds is 6. The lowest BCUT2D eigenvalue weighted by Gasteiger charge is -2.22. The van der Waals surface area contributed by atoms with Crippen molar-refractivity contribution in [1.29, 1.82) is 0 Å². The summed E-state index contributed by atoms with van der Waals surface area (Å²) in [5.41, 5.74) is 1.19. The van der Waals surface area contributed by atoms with Crippen LogP contribution in [0.25, 0.3) is 0 Å². The predicted octanol–water partition coefficient (Wildman–Crippen LogP) is 4.18. The molecule has 0 bridgehead atoms. The van der Waals surface area contributed by atoms with Gasteiger partial charge in [0.1, 0.15) is 0 Å². The van der Waals surface area contributed by atoms with Crippen molar-refractivity contribution in [2.45, 2.75) is 28.4 Å². The lowest BCUT2D eigenvalue weighted by atomic mass is 10.0. The van der Waals surface area contributed by atoms with Crippen molar-refractivity contribution in [1.82, 2.24) is 0 Å². The van der Waals surface area contributed by atoms with Crippen LogP contribution in [0.3, 0.4) is 0 Å². The molecule has 2 aromatic rings. The molecule has 1 fully saturated rings. The molecule has 0 N–H and O–H groups in total. The highest BCUT2D eigenvalue weighted by atomic mass is 32.2. The smallest absolute Gasteiger partial charge is 0.179 e. The summed E-state index contributed by atoms with van der Waals surface area (Å²) in [6, 6.07) is 17.5. The zero-order chi connectivity index (χ0) is 16.8. The number of thioether (sulfide) groups is 1. The third-order valence-corrected chi connectivity index (χ3v) is 7.43. The Balaban J connectivity index is 1.75. The highest BCUT2D eigenvalue weighted by molar-refractivity contribution is 7.99. The van der Waals surface area contributed by atoms with Crippen LogP contribution in [-0.2, 0) is 20.3 Å². The zero-order valence-corrected chi connectivity index (χ0v) is 15.2. The predicted molar refractivity (Wildman–Crippen MR) is 98.0 cm³/mol. The van der Waals surface area contributed by atoms with Crippen LogP contribution < -0.4 is 0 Å². The lowest BCUT2D eigenvalue weighted by Crippen LogP contribution is -2.23. The van der Waals surface area contributed by atoms with Gasteiger partial charge < -0.3 is 4.74 Å². The molecule has 3 rings (SSSR count). The largest absolute Gasteiger partial charge is 0.381 e. The van der Waals surface area contributed by atoms with Crippen molar-refractivity contribution in [2.75, 3.05) is 19.0 Å². The average molecular weight is 363 g/mol. The minimum Gasteiger partial charge on any atom is -0.381 e. The van der Waals surface area contributed by atoms with Gasteiger partial charge in [-0.1, -0.05) is 42.5 Å². The molecule has 5 heteroatoms. The van der Waals surface area contributed by atoms with Crippen molar-refractivity contribution in [3.05, 3.63) is 60.2 Å². The fraction of sp³-hybridized carbons (Fsp3) is 0.368. The second kappa shape index (κ2) is 8.19. The van der Waals surface area contributed by atoms with Gasteiger partial charge >= 0.3 is 0 Å². The van der Waals surface area contributed by atoms with Crippen molar-refractivity contribution < 1.29 is 13.2 Å². The molecule has 128 valence electrons. The van der Waals surface area contributed by atoms with Crippen LogP contribution in [0.1, 0.15) is 18.4 Å². The van der Waals surface area contributed by atoms with Gasteiger partial charge in [-0.05, 0) is 36.5 Å². The first kappa shape index (κ1) is 17.5. The number of hydrogen-bond acceptors (Lipinski definition) is 4. The summed E-state index contributed by atoms with van der Waals surface area (Å²) in [4.78, 5) is 1.31. The van der Waals surface area contributed by atoms with Crippen LogP contribution in [0, 0.1) is 5.92 Å².